The standard InChI is InChI=1S/C22H29N5O2S.ClH/c1-16-4-6-18(7-5-16)19-12-25(13-20(19)21-15-30-24-23-21)14-22(29)27-9-3-8-26(10-11-27)17(2)28;/h4-7,15,19-20H,3,8-14H2,1-2H3;1H/t19-,20+;/m0./s1. The van der Waals surface area contributed by atoms with Crippen molar-refractivity contribution in [2.75, 3.05) is 45.8 Å². The van der Waals surface area contributed by atoms with Gasteiger partial charge in [0.2, 0.25) is 11.8 Å². The fourth-order valence-electron chi connectivity index (χ4n) is 4.57. The molecular weight excluding hydrogens is 434 g/mol. The van der Waals surface area contributed by atoms with Crippen LogP contribution in [0, 0.1) is 6.92 Å². The maximum absolute atomic E-state index is 13.0. The Labute approximate surface area is 194 Å². The summed E-state index contributed by atoms with van der Waals surface area (Å²) in [5.74, 6) is 0.792. The van der Waals surface area contributed by atoms with Crippen molar-refractivity contribution >= 4 is 35.8 Å². The number of hydrogen-bond acceptors (Lipinski definition) is 6. The molecule has 3 heterocycles. The quantitative estimate of drug-likeness (QED) is 0.696. The van der Waals surface area contributed by atoms with Gasteiger partial charge in [-0.25, -0.2) is 0 Å². The van der Waals surface area contributed by atoms with Crippen LogP contribution in [0.2, 0.25) is 0 Å². The van der Waals surface area contributed by atoms with Crippen molar-refractivity contribution in [2.24, 2.45) is 0 Å². The van der Waals surface area contributed by atoms with Gasteiger partial charge in [-0.2, -0.15) is 0 Å². The van der Waals surface area contributed by atoms with Gasteiger partial charge >= 0.3 is 0 Å². The normalized spacial score (nSPS) is 22.1. The van der Waals surface area contributed by atoms with Crippen molar-refractivity contribution in [3.8, 4) is 0 Å². The van der Waals surface area contributed by atoms with Gasteiger partial charge in [0.1, 0.15) is 0 Å². The average molecular weight is 464 g/mol. The zero-order valence-corrected chi connectivity index (χ0v) is 19.7. The van der Waals surface area contributed by atoms with E-state index in [9.17, 15) is 9.59 Å². The van der Waals surface area contributed by atoms with E-state index in [0.717, 1.165) is 38.3 Å². The predicted molar refractivity (Wildman–Crippen MR) is 124 cm³/mol. The van der Waals surface area contributed by atoms with Crippen molar-refractivity contribution in [2.45, 2.75) is 32.1 Å². The fraction of sp³-hybridized carbons (Fsp3) is 0.545. The molecule has 1 aromatic carbocycles. The highest BCUT2D eigenvalue weighted by Crippen LogP contribution is 2.39. The molecule has 0 N–H and O–H groups in total. The Morgan fingerprint density at radius 2 is 1.71 bits per heavy atom. The van der Waals surface area contributed by atoms with Gasteiger partial charge in [0.25, 0.3) is 0 Å². The van der Waals surface area contributed by atoms with Crippen molar-refractivity contribution < 1.29 is 9.59 Å². The topological polar surface area (TPSA) is 69.6 Å². The van der Waals surface area contributed by atoms with Gasteiger partial charge in [-0.3, -0.25) is 14.5 Å². The monoisotopic (exact) mass is 463 g/mol. The minimum absolute atomic E-state index is 0. The van der Waals surface area contributed by atoms with Crippen LogP contribution in [-0.4, -0.2) is 81.9 Å². The molecule has 168 valence electrons. The first-order chi connectivity index (χ1) is 14.5. The second-order valence-corrected chi connectivity index (χ2v) is 9.00. The van der Waals surface area contributed by atoms with Gasteiger partial charge in [0, 0.05) is 63.4 Å². The van der Waals surface area contributed by atoms with E-state index >= 15 is 0 Å². The third-order valence-corrected chi connectivity index (χ3v) is 6.83. The Hall–Kier alpha value is -2.03. The third kappa shape index (κ3) is 5.61. The van der Waals surface area contributed by atoms with E-state index in [0.29, 0.717) is 25.6 Å². The zero-order chi connectivity index (χ0) is 21.1. The molecule has 4 rings (SSSR count). The van der Waals surface area contributed by atoms with Crippen molar-refractivity contribution in [1.29, 1.82) is 0 Å². The van der Waals surface area contributed by atoms with Crippen LogP contribution in [0.5, 0.6) is 0 Å². The number of nitrogens with zero attached hydrogens (tertiary/aromatic N) is 5. The minimum atomic E-state index is 0. The van der Waals surface area contributed by atoms with Crippen LogP contribution < -0.4 is 0 Å². The lowest BCUT2D eigenvalue weighted by molar-refractivity contribution is -0.133. The SMILES string of the molecule is CC(=O)N1CCCN(C(=O)CN2C[C@@H](c3ccc(C)cc3)[C@H](c3csnn3)C2)CC1.Cl. The fourth-order valence-corrected chi connectivity index (χ4v) is 5.09. The first-order valence-electron chi connectivity index (χ1n) is 10.6. The number of carbonyl (C=O) groups excluding carboxylic acids is 2. The van der Waals surface area contributed by atoms with E-state index in [1.165, 1.54) is 22.7 Å². The van der Waals surface area contributed by atoms with Crippen LogP contribution in [0.4, 0.5) is 0 Å². The summed E-state index contributed by atoms with van der Waals surface area (Å²) >= 11 is 1.38. The van der Waals surface area contributed by atoms with Crippen LogP contribution in [0.15, 0.2) is 29.6 Å². The van der Waals surface area contributed by atoms with Crippen LogP contribution in [0.25, 0.3) is 0 Å². The molecule has 2 atom stereocenters. The van der Waals surface area contributed by atoms with Gasteiger partial charge in [-0.05, 0) is 30.4 Å². The molecule has 2 saturated heterocycles. The number of aromatic nitrogens is 2. The Kier molecular flexibility index (Phi) is 8.02. The summed E-state index contributed by atoms with van der Waals surface area (Å²) in [5, 5.41) is 6.37. The smallest absolute Gasteiger partial charge is 0.236 e. The Balaban J connectivity index is 0.00000272. The number of carbonyl (C=O) groups is 2. The summed E-state index contributed by atoms with van der Waals surface area (Å²) in [6, 6.07) is 8.70. The maximum Gasteiger partial charge on any atom is 0.236 e. The van der Waals surface area contributed by atoms with E-state index < -0.39 is 0 Å². The second kappa shape index (κ2) is 10.5. The van der Waals surface area contributed by atoms with E-state index in [1.807, 2.05) is 15.2 Å². The molecule has 7 nitrogen and oxygen atoms in total. The number of rotatable bonds is 4. The van der Waals surface area contributed by atoms with Crippen LogP contribution >= 0.6 is 23.9 Å². The summed E-state index contributed by atoms with van der Waals surface area (Å²) < 4.78 is 4.07. The van der Waals surface area contributed by atoms with Gasteiger partial charge in [-0.1, -0.05) is 34.3 Å². The molecule has 0 bridgehead atoms. The van der Waals surface area contributed by atoms with Crippen molar-refractivity contribution in [1.82, 2.24) is 24.3 Å². The molecule has 9 heteroatoms. The molecule has 0 aliphatic carbocycles. The third-order valence-electron chi connectivity index (χ3n) is 6.31. The van der Waals surface area contributed by atoms with Crippen molar-refractivity contribution in [3.05, 3.63) is 46.5 Å². The first-order valence-corrected chi connectivity index (χ1v) is 11.4. The molecule has 2 aliphatic heterocycles. The Bertz CT molecular complexity index is 877. The molecule has 2 fully saturated rings. The highest BCUT2D eigenvalue weighted by molar-refractivity contribution is 7.03. The van der Waals surface area contributed by atoms with E-state index in [4.69, 9.17) is 0 Å². The molecule has 0 unspecified atom stereocenters. The largest absolute Gasteiger partial charge is 0.341 e. The number of aryl methyl sites for hydroxylation is 1. The molecule has 31 heavy (non-hydrogen) atoms. The van der Waals surface area contributed by atoms with Gasteiger partial charge < -0.3 is 9.80 Å². The molecular formula is C22H30ClN5O2S. The Morgan fingerprint density at radius 1 is 1.03 bits per heavy atom. The van der Waals surface area contributed by atoms with Crippen LogP contribution in [0.1, 0.15) is 42.0 Å². The molecule has 2 aliphatic rings. The number of benzene rings is 1. The second-order valence-electron chi connectivity index (χ2n) is 8.39. The number of amides is 2. The molecule has 0 saturated carbocycles. The number of hydrogen-bond donors (Lipinski definition) is 0. The summed E-state index contributed by atoms with van der Waals surface area (Å²) in [6.07, 6.45) is 0.838. The van der Waals surface area contributed by atoms with E-state index in [-0.39, 0.29) is 30.1 Å². The van der Waals surface area contributed by atoms with Gasteiger partial charge in [0.15, 0.2) is 0 Å². The maximum atomic E-state index is 13.0. The molecule has 0 spiro atoms. The predicted octanol–water partition coefficient (Wildman–Crippen LogP) is 2.53. The first kappa shape index (κ1) is 23.6. The lowest BCUT2D eigenvalue weighted by atomic mass is 9.87. The molecule has 2 aromatic rings. The van der Waals surface area contributed by atoms with Crippen molar-refractivity contribution in [3.63, 3.8) is 0 Å². The van der Waals surface area contributed by atoms with Gasteiger partial charge in [-0.15, -0.1) is 17.5 Å². The minimum Gasteiger partial charge on any atom is -0.341 e. The van der Waals surface area contributed by atoms with Crippen LogP contribution in [0.3, 0.4) is 0 Å². The number of halogens is 1. The molecule has 0 radical (unpaired) electrons. The highest BCUT2D eigenvalue weighted by Gasteiger charge is 2.37. The molecule has 2 amide bonds. The summed E-state index contributed by atoms with van der Waals surface area (Å²) in [4.78, 5) is 30.7. The summed E-state index contributed by atoms with van der Waals surface area (Å²) in [6.45, 7) is 8.45. The molecule has 1 aromatic heterocycles. The van der Waals surface area contributed by atoms with E-state index in [1.54, 1.807) is 6.92 Å². The summed E-state index contributed by atoms with van der Waals surface area (Å²) in [7, 11) is 0. The Morgan fingerprint density at radius 3 is 2.39 bits per heavy atom. The number of likely N-dealkylation sites (tertiary alicyclic amines) is 1. The van der Waals surface area contributed by atoms with Crippen LogP contribution in [-0.2, 0) is 9.59 Å². The summed E-state index contributed by atoms with van der Waals surface area (Å²) in [5.41, 5.74) is 3.56. The zero-order valence-electron chi connectivity index (χ0n) is 18.1. The lowest BCUT2D eigenvalue weighted by Crippen LogP contribution is -2.42. The highest BCUT2D eigenvalue weighted by atomic mass is 35.5. The average Bonchev–Trinajstić information content (AvgIpc) is 3.32. The van der Waals surface area contributed by atoms with Gasteiger partial charge in [0.05, 0.1) is 12.2 Å². The van der Waals surface area contributed by atoms with E-state index in [2.05, 4.69) is 45.7 Å². The lowest BCUT2D eigenvalue weighted by Gasteiger charge is -2.24.